The van der Waals surface area contributed by atoms with Crippen molar-refractivity contribution in [2.75, 3.05) is 25.1 Å². The number of carbonyl (C=O) groups is 1. The molecule has 2 rings (SSSR count). The van der Waals surface area contributed by atoms with Gasteiger partial charge in [-0.05, 0) is 13.8 Å². The van der Waals surface area contributed by atoms with Gasteiger partial charge >= 0.3 is 5.97 Å². The molecular formula is C13H19N3O4. The lowest BCUT2D eigenvalue weighted by molar-refractivity contribution is -0.00576. The quantitative estimate of drug-likeness (QED) is 0.878. The number of anilines is 1. The summed E-state index contributed by atoms with van der Waals surface area (Å²) in [5.41, 5.74) is 0.460. The van der Waals surface area contributed by atoms with Gasteiger partial charge in [-0.25, -0.2) is 14.8 Å². The lowest BCUT2D eigenvalue weighted by Crippen LogP contribution is -2.46. The van der Waals surface area contributed by atoms with E-state index in [1.165, 1.54) is 13.3 Å². The van der Waals surface area contributed by atoms with E-state index in [2.05, 4.69) is 9.97 Å². The van der Waals surface area contributed by atoms with Crippen LogP contribution in [0.15, 0.2) is 6.20 Å². The highest BCUT2D eigenvalue weighted by Gasteiger charge is 2.25. The number of carboxylic acids is 1. The Bertz CT molecular complexity index is 485. The number of hydrogen-bond donors (Lipinski definition) is 1. The van der Waals surface area contributed by atoms with E-state index in [1.807, 2.05) is 18.7 Å². The Kier molecular flexibility index (Phi) is 4.51. The van der Waals surface area contributed by atoms with Crippen LogP contribution >= 0.6 is 0 Å². The molecule has 2 unspecified atom stereocenters. The molecule has 0 aliphatic carbocycles. The molecule has 7 nitrogen and oxygen atoms in total. The van der Waals surface area contributed by atoms with Crippen LogP contribution in [0.3, 0.4) is 0 Å². The van der Waals surface area contributed by atoms with Gasteiger partial charge in [0.25, 0.3) is 0 Å². The second kappa shape index (κ2) is 6.15. The van der Waals surface area contributed by atoms with Gasteiger partial charge < -0.3 is 19.5 Å². The zero-order valence-electron chi connectivity index (χ0n) is 11.9. The van der Waals surface area contributed by atoms with Crippen molar-refractivity contribution >= 4 is 11.9 Å². The van der Waals surface area contributed by atoms with Gasteiger partial charge in [-0.15, -0.1) is 0 Å². The third kappa shape index (κ3) is 3.23. The Labute approximate surface area is 117 Å². The van der Waals surface area contributed by atoms with Crippen LogP contribution in [0.2, 0.25) is 0 Å². The smallest absolute Gasteiger partial charge is 0.339 e. The summed E-state index contributed by atoms with van der Waals surface area (Å²) in [6, 6.07) is 0. The number of rotatable bonds is 4. The highest BCUT2D eigenvalue weighted by atomic mass is 16.5. The molecular weight excluding hydrogens is 262 g/mol. The molecule has 1 aromatic rings. The van der Waals surface area contributed by atoms with Gasteiger partial charge in [-0.1, -0.05) is 0 Å². The summed E-state index contributed by atoms with van der Waals surface area (Å²) in [4.78, 5) is 21.6. The molecule has 1 N–H and O–H groups in total. The molecule has 2 atom stereocenters. The van der Waals surface area contributed by atoms with Crippen LogP contribution in [0.5, 0.6) is 0 Å². The zero-order valence-corrected chi connectivity index (χ0v) is 11.9. The largest absolute Gasteiger partial charge is 0.478 e. The van der Waals surface area contributed by atoms with Crippen molar-refractivity contribution in [3.05, 3.63) is 17.5 Å². The fourth-order valence-corrected chi connectivity index (χ4v) is 2.33. The van der Waals surface area contributed by atoms with Crippen molar-refractivity contribution in [3.63, 3.8) is 0 Å². The summed E-state index contributed by atoms with van der Waals surface area (Å²) in [5, 5.41) is 9.11. The first kappa shape index (κ1) is 14.7. The van der Waals surface area contributed by atoms with E-state index < -0.39 is 5.97 Å². The van der Waals surface area contributed by atoms with Crippen LogP contribution in [-0.4, -0.2) is 53.5 Å². The standard InChI is InChI=1S/C13H19N3O4/c1-8-5-16(6-9(2)20-8)13-14-4-10(12(17)18)11(15-13)7-19-3/h4,8-9H,5-7H2,1-3H3,(H,17,18). The SMILES string of the molecule is COCc1nc(N2CC(C)OC(C)C2)ncc1C(=O)O. The lowest BCUT2D eigenvalue weighted by atomic mass is 10.2. The molecule has 7 heteroatoms. The summed E-state index contributed by atoms with van der Waals surface area (Å²) in [6.07, 6.45) is 1.52. The van der Waals surface area contributed by atoms with Crippen LogP contribution in [0.1, 0.15) is 29.9 Å². The Morgan fingerprint density at radius 2 is 2.15 bits per heavy atom. The van der Waals surface area contributed by atoms with Crippen molar-refractivity contribution in [2.24, 2.45) is 0 Å². The van der Waals surface area contributed by atoms with Gasteiger partial charge in [-0.3, -0.25) is 0 Å². The van der Waals surface area contributed by atoms with Crippen molar-refractivity contribution < 1.29 is 19.4 Å². The van der Waals surface area contributed by atoms with Gasteiger partial charge in [0.15, 0.2) is 0 Å². The molecule has 0 aromatic carbocycles. The van der Waals surface area contributed by atoms with E-state index in [0.29, 0.717) is 24.7 Å². The molecule has 0 spiro atoms. The van der Waals surface area contributed by atoms with Crippen LogP contribution < -0.4 is 4.90 Å². The summed E-state index contributed by atoms with van der Waals surface area (Å²) in [7, 11) is 1.51. The first-order valence-electron chi connectivity index (χ1n) is 6.49. The minimum Gasteiger partial charge on any atom is -0.478 e. The fourth-order valence-electron chi connectivity index (χ4n) is 2.33. The van der Waals surface area contributed by atoms with Crippen LogP contribution in [0, 0.1) is 0 Å². The topological polar surface area (TPSA) is 84.8 Å². The molecule has 0 saturated carbocycles. The van der Waals surface area contributed by atoms with Crippen molar-refractivity contribution in [2.45, 2.75) is 32.7 Å². The van der Waals surface area contributed by atoms with Crippen LogP contribution in [0.4, 0.5) is 5.95 Å². The maximum absolute atomic E-state index is 11.1. The number of methoxy groups -OCH3 is 1. The first-order valence-corrected chi connectivity index (χ1v) is 6.49. The molecule has 1 aliphatic heterocycles. The van der Waals surface area contributed by atoms with E-state index in [9.17, 15) is 4.79 Å². The molecule has 1 aliphatic rings. The van der Waals surface area contributed by atoms with Crippen LogP contribution in [-0.2, 0) is 16.1 Å². The minimum absolute atomic E-state index is 0.0740. The van der Waals surface area contributed by atoms with E-state index in [0.717, 1.165) is 0 Å². The fraction of sp³-hybridized carbons (Fsp3) is 0.615. The Morgan fingerprint density at radius 1 is 1.50 bits per heavy atom. The van der Waals surface area contributed by atoms with E-state index in [4.69, 9.17) is 14.6 Å². The third-order valence-electron chi connectivity index (χ3n) is 3.07. The van der Waals surface area contributed by atoms with Crippen LogP contribution in [0.25, 0.3) is 0 Å². The van der Waals surface area contributed by atoms with E-state index in [-0.39, 0.29) is 24.4 Å². The molecule has 1 fully saturated rings. The van der Waals surface area contributed by atoms with Gasteiger partial charge in [0, 0.05) is 26.4 Å². The van der Waals surface area contributed by atoms with E-state index >= 15 is 0 Å². The normalized spacial score (nSPS) is 22.9. The van der Waals surface area contributed by atoms with Gasteiger partial charge in [0.2, 0.25) is 5.95 Å². The highest BCUT2D eigenvalue weighted by molar-refractivity contribution is 5.88. The second-order valence-electron chi connectivity index (χ2n) is 4.93. The molecule has 1 saturated heterocycles. The molecule has 0 radical (unpaired) electrons. The van der Waals surface area contributed by atoms with Crippen molar-refractivity contribution in [3.8, 4) is 0 Å². The molecule has 1 aromatic heterocycles. The maximum atomic E-state index is 11.1. The summed E-state index contributed by atoms with van der Waals surface area (Å²) >= 11 is 0. The minimum atomic E-state index is -1.05. The molecule has 0 amide bonds. The zero-order chi connectivity index (χ0) is 14.7. The number of carboxylic acid groups (broad SMARTS) is 1. The highest BCUT2D eigenvalue weighted by Crippen LogP contribution is 2.18. The number of ether oxygens (including phenoxy) is 2. The molecule has 110 valence electrons. The predicted octanol–water partition coefficient (Wildman–Crippen LogP) is 0.935. The number of nitrogens with zero attached hydrogens (tertiary/aromatic N) is 3. The number of hydrogen-bond acceptors (Lipinski definition) is 6. The first-order chi connectivity index (χ1) is 9.51. The van der Waals surface area contributed by atoms with Gasteiger partial charge in [-0.2, -0.15) is 0 Å². The lowest BCUT2D eigenvalue weighted by Gasteiger charge is -2.35. The number of aromatic carboxylic acids is 1. The van der Waals surface area contributed by atoms with Gasteiger partial charge in [0.05, 0.1) is 24.5 Å². The summed E-state index contributed by atoms with van der Waals surface area (Å²) < 4.78 is 10.7. The van der Waals surface area contributed by atoms with Crippen molar-refractivity contribution in [1.82, 2.24) is 9.97 Å². The molecule has 0 bridgehead atoms. The summed E-state index contributed by atoms with van der Waals surface area (Å²) in [5.74, 6) is -0.531. The molecule has 2 heterocycles. The number of aromatic nitrogens is 2. The maximum Gasteiger partial charge on any atom is 0.339 e. The average Bonchev–Trinajstić information content (AvgIpc) is 2.37. The van der Waals surface area contributed by atoms with E-state index in [1.54, 1.807) is 0 Å². The monoisotopic (exact) mass is 281 g/mol. The predicted molar refractivity (Wildman–Crippen MR) is 71.9 cm³/mol. The van der Waals surface area contributed by atoms with Gasteiger partial charge in [0.1, 0.15) is 5.56 Å². The number of morpholine rings is 1. The van der Waals surface area contributed by atoms with Crippen molar-refractivity contribution in [1.29, 1.82) is 0 Å². The third-order valence-corrected chi connectivity index (χ3v) is 3.07. The second-order valence-corrected chi connectivity index (χ2v) is 4.93. The Hall–Kier alpha value is -1.73. The Morgan fingerprint density at radius 3 is 2.70 bits per heavy atom. The average molecular weight is 281 g/mol. The molecule has 20 heavy (non-hydrogen) atoms. The Balaban J connectivity index is 2.28. The summed E-state index contributed by atoms with van der Waals surface area (Å²) in [6.45, 7) is 5.49.